The Balaban J connectivity index is 1.88. The van der Waals surface area contributed by atoms with E-state index in [2.05, 4.69) is 5.32 Å². The first-order valence-corrected chi connectivity index (χ1v) is 9.48. The van der Waals surface area contributed by atoms with Gasteiger partial charge < -0.3 is 20.3 Å². The highest BCUT2D eigenvalue weighted by molar-refractivity contribution is 5.99. The van der Waals surface area contributed by atoms with Crippen LogP contribution in [0.25, 0.3) is 6.08 Å². The summed E-state index contributed by atoms with van der Waals surface area (Å²) in [5.74, 6) is -2.63. The molecule has 0 saturated heterocycles. The summed E-state index contributed by atoms with van der Waals surface area (Å²) in [5, 5.41) is 22.6. The van der Waals surface area contributed by atoms with Gasteiger partial charge in [-0.2, -0.15) is 0 Å². The molecule has 3 rings (SSSR count). The Labute approximate surface area is 174 Å². The molecule has 6 nitrogen and oxygen atoms in total. The minimum Gasteiger partial charge on any atom is -0.508 e. The van der Waals surface area contributed by atoms with Gasteiger partial charge in [0.2, 0.25) is 0 Å². The van der Waals surface area contributed by atoms with Crippen molar-refractivity contribution in [3.63, 3.8) is 0 Å². The highest BCUT2D eigenvalue weighted by Crippen LogP contribution is 2.39. The smallest absolute Gasteiger partial charge is 0.337 e. The van der Waals surface area contributed by atoms with Crippen LogP contribution in [0, 0.1) is 0 Å². The van der Waals surface area contributed by atoms with Crippen molar-refractivity contribution in [2.75, 3.05) is 6.61 Å². The second-order valence-corrected chi connectivity index (χ2v) is 6.95. The van der Waals surface area contributed by atoms with Gasteiger partial charge in [0.25, 0.3) is 0 Å². The third-order valence-corrected chi connectivity index (χ3v) is 4.83. The number of ether oxygens (including phenoxy) is 1. The number of esters is 1. The molecule has 1 aliphatic heterocycles. The van der Waals surface area contributed by atoms with Crippen LogP contribution in [-0.4, -0.2) is 28.8 Å². The molecule has 0 saturated carbocycles. The van der Waals surface area contributed by atoms with Gasteiger partial charge in [0.05, 0.1) is 17.1 Å². The van der Waals surface area contributed by atoms with Crippen LogP contribution in [0.4, 0.5) is 0 Å². The molecule has 0 spiro atoms. The first-order chi connectivity index (χ1) is 14.4. The van der Waals surface area contributed by atoms with E-state index in [9.17, 15) is 19.8 Å². The summed E-state index contributed by atoms with van der Waals surface area (Å²) >= 11 is 0. The van der Waals surface area contributed by atoms with Crippen LogP contribution in [0.5, 0.6) is 5.75 Å². The predicted octanol–water partition coefficient (Wildman–Crippen LogP) is 3.97. The second-order valence-electron chi connectivity index (χ2n) is 6.95. The normalized spacial score (nSPS) is 16.5. The van der Waals surface area contributed by atoms with E-state index in [1.54, 1.807) is 32.1 Å². The van der Waals surface area contributed by atoms with Crippen LogP contribution >= 0.6 is 0 Å². The summed E-state index contributed by atoms with van der Waals surface area (Å²) in [4.78, 5) is 24.9. The maximum absolute atomic E-state index is 12.9. The van der Waals surface area contributed by atoms with Crippen LogP contribution in [-0.2, 0) is 14.3 Å². The van der Waals surface area contributed by atoms with E-state index in [1.165, 1.54) is 12.1 Å². The molecule has 1 unspecified atom stereocenters. The van der Waals surface area contributed by atoms with Crippen LogP contribution < -0.4 is 5.32 Å². The van der Waals surface area contributed by atoms with Crippen LogP contribution in [0.1, 0.15) is 30.9 Å². The maximum atomic E-state index is 12.9. The molecule has 2 aromatic carbocycles. The van der Waals surface area contributed by atoms with E-state index in [4.69, 9.17) is 4.74 Å². The lowest BCUT2D eigenvalue weighted by Gasteiger charge is -2.29. The zero-order valence-electron chi connectivity index (χ0n) is 16.8. The highest BCUT2D eigenvalue weighted by atomic mass is 16.5. The largest absolute Gasteiger partial charge is 0.508 e. The molecule has 0 amide bonds. The fraction of sp³-hybridized carbons (Fsp3) is 0.167. The molecule has 0 fully saturated rings. The van der Waals surface area contributed by atoms with Gasteiger partial charge in [-0.1, -0.05) is 48.5 Å². The lowest BCUT2D eigenvalue weighted by molar-refractivity contribution is -0.138. The molecule has 3 N–H and O–H groups in total. The Hall–Kier alpha value is -3.80. The zero-order chi connectivity index (χ0) is 21.7. The van der Waals surface area contributed by atoms with E-state index in [0.29, 0.717) is 17.0 Å². The molecule has 1 aliphatic rings. The minimum absolute atomic E-state index is 0.00964. The van der Waals surface area contributed by atoms with Gasteiger partial charge in [0.1, 0.15) is 12.4 Å². The van der Waals surface area contributed by atoms with Gasteiger partial charge in [0, 0.05) is 11.4 Å². The number of carbonyl (C=O) groups excluding carboxylic acids is 1. The lowest BCUT2D eigenvalue weighted by atomic mass is 9.80. The number of hydrogen-bond acceptors (Lipinski definition) is 5. The Morgan fingerprint density at radius 2 is 1.73 bits per heavy atom. The number of allylic oxidation sites excluding steroid dienone is 2. The zero-order valence-corrected chi connectivity index (χ0v) is 16.8. The first kappa shape index (κ1) is 20.9. The third kappa shape index (κ3) is 4.60. The fourth-order valence-corrected chi connectivity index (χ4v) is 3.54. The topological polar surface area (TPSA) is 95.9 Å². The van der Waals surface area contributed by atoms with Gasteiger partial charge in [0.15, 0.2) is 0 Å². The number of phenols is 1. The summed E-state index contributed by atoms with van der Waals surface area (Å²) in [6.45, 7) is 3.39. The minimum atomic E-state index is -1.14. The number of hydrogen-bond donors (Lipinski definition) is 3. The van der Waals surface area contributed by atoms with E-state index in [1.807, 2.05) is 36.4 Å². The van der Waals surface area contributed by atoms with Crippen molar-refractivity contribution in [1.82, 2.24) is 5.32 Å². The molecule has 30 heavy (non-hydrogen) atoms. The number of nitrogens with one attached hydrogen (secondary N) is 1. The van der Waals surface area contributed by atoms with Crippen molar-refractivity contribution in [2.45, 2.75) is 19.8 Å². The Morgan fingerprint density at radius 1 is 1.03 bits per heavy atom. The second kappa shape index (κ2) is 9.13. The van der Waals surface area contributed by atoms with Crippen molar-refractivity contribution < 1.29 is 24.5 Å². The van der Waals surface area contributed by atoms with E-state index >= 15 is 0 Å². The van der Waals surface area contributed by atoms with Gasteiger partial charge in [-0.25, -0.2) is 9.59 Å². The van der Waals surface area contributed by atoms with Crippen molar-refractivity contribution in [3.05, 3.63) is 94.3 Å². The molecule has 154 valence electrons. The molecular formula is C24H23NO5. The summed E-state index contributed by atoms with van der Waals surface area (Å²) < 4.78 is 5.42. The van der Waals surface area contributed by atoms with Gasteiger partial charge in [-0.05, 0) is 43.2 Å². The molecule has 0 bridgehead atoms. The van der Waals surface area contributed by atoms with E-state index < -0.39 is 17.9 Å². The maximum Gasteiger partial charge on any atom is 0.337 e. The number of carbonyl (C=O) groups is 2. The Morgan fingerprint density at radius 3 is 2.40 bits per heavy atom. The van der Waals surface area contributed by atoms with Gasteiger partial charge in [-0.15, -0.1) is 0 Å². The number of carboxylic acids is 1. The number of carboxylic acid groups (broad SMARTS) is 1. The number of benzene rings is 2. The van der Waals surface area contributed by atoms with Gasteiger partial charge in [-0.3, -0.25) is 0 Å². The number of aliphatic carboxylic acids is 1. The van der Waals surface area contributed by atoms with E-state index in [-0.39, 0.29) is 23.5 Å². The van der Waals surface area contributed by atoms with Gasteiger partial charge >= 0.3 is 11.9 Å². The Kier molecular flexibility index (Phi) is 6.37. The Bertz CT molecular complexity index is 1050. The SMILES string of the molecule is CC1=C(C(=O)O)C(c2cccc(O)c2)C(C(=O)OC/C=C/c2ccccc2)=C(C)N1. The standard InChI is InChI=1S/C24H23NO5/c1-15-20(23(27)28)22(18-11-6-12-19(26)14-18)21(16(2)25-15)24(29)30-13-7-10-17-8-4-3-5-9-17/h3-12,14,22,25-26H,13H2,1-2H3,(H,27,28)/b10-7+. The number of rotatable bonds is 6. The summed E-state index contributed by atoms with van der Waals surface area (Å²) in [5.41, 5.74) is 2.68. The molecule has 0 aliphatic carbocycles. The third-order valence-electron chi connectivity index (χ3n) is 4.83. The van der Waals surface area contributed by atoms with Crippen LogP contribution in [0.3, 0.4) is 0 Å². The average Bonchev–Trinajstić information content (AvgIpc) is 2.71. The molecule has 0 radical (unpaired) electrons. The molecule has 1 atom stereocenters. The number of phenolic OH excluding ortho intramolecular Hbond substituents is 1. The fourth-order valence-electron chi connectivity index (χ4n) is 3.54. The summed E-state index contributed by atoms with van der Waals surface area (Å²) in [6, 6.07) is 15.9. The molecule has 1 heterocycles. The summed E-state index contributed by atoms with van der Waals surface area (Å²) in [7, 11) is 0. The molecule has 2 aromatic rings. The average molecular weight is 405 g/mol. The molecule has 0 aromatic heterocycles. The van der Waals surface area contributed by atoms with Crippen molar-refractivity contribution >= 4 is 18.0 Å². The first-order valence-electron chi connectivity index (χ1n) is 9.48. The molecular weight excluding hydrogens is 382 g/mol. The quantitative estimate of drug-likeness (QED) is 0.630. The predicted molar refractivity (Wildman–Crippen MR) is 113 cm³/mol. The number of dihydropyridines is 1. The van der Waals surface area contributed by atoms with Crippen molar-refractivity contribution in [2.24, 2.45) is 0 Å². The number of aromatic hydroxyl groups is 1. The lowest BCUT2D eigenvalue weighted by Crippen LogP contribution is -2.31. The van der Waals surface area contributed by atoms with Crippen molar-refractivity contribution in [1.29, 1.82) is 0 Å². The molecule has 6 heteroatoms. The monoisotopic (exact) mass is 405 g/mol. The van der Waals surface area contributed by atoms with Crippen LogP contribution in [0.15, 0.2) is 83.2 Å². The van der Waals surface area contributed by atoms with Crippen molar-refractivity contribution in [3.8, 4) is 5.75 Å². The highest BCUT2D eigenvalue weighted by Gasteiger charge is 2.37. The summed E-state index contributed by atoms with van der Waals surface area (Å²) in [6.07, 6.45) is 3.56. The van der Waals surface area contributed by atoms with Crippen LogP contribution in [0.2, 0.25) is 0 Å². The van der Waals surface area contributed by atoms with E-state index in [0.717, 1.165) is 5.56 Å².